The van der Waals surface area contributed by atoms with Crippen LogP contribution >= 0.6 is 0 Å². The molecular formula is C24H18N8. The van der Waals surface area contributed by atoms with E-state index in [-0.39, 0.29) is 0 Å². The highest BCUT2D eigenvalue weighted by atomic mass is 15.3. The number of nitrogen functional groups attached to an aromatic ring is 1. The van der Waals surface area contributed by atoms with E-state index in [1.807, 2.05) is 28.8 Å². The lowest BCUT2D eigenvalue weighted by Crippen LogP contribution is -2.04. The van der Waals surface area contributed by atoms with Crippen LogP contribution in [0, 0.1) is 11.3 Å². The monoisotopic (exact) mass is 418 g/mol. The highest BCUT2D eigenvalue weighted by Crippen LogP contribution is 2.32. The minimum atomic E-state index is 0.413. The molecule has 1 aromatic carbocycles. The summed E-state index contributed by atoms with van der Waals surface area (Å²) in [6.45, 7) is 0. The van der Waals surface area contributed by atoms with Crippen LogP contribution in [0.2, 0.25) is 0 Å². The number of nitrogens with zero attached hydrogens (tertiary/aromatic N) is 7. The average molecular weight is 418 g/mol. The summed E-state index contributed by atoms with van der Waals surface area (Å²) < 4.78 is 3.62. The molecule has 0 fully saturated rings. The number of hydrogen-bond acceptors (Lipinski definition) is 6. The van der Waals surface area contributed by atoms with Crippen molar-refractivity contribution in [1.29, 1.82) is 5.26 Å². The number of hydrogen-bond donors (Lipinski definition) is 1. The fraction of sp³-hybridized carbons (Fsp3) is 0.125. The van der Waals surface area contributed by atoms with Gasteiger partial charge in [0.2, 0.25) is 0 Å². The summed E-state index contributed by atoms with van der Waals surface area (Å²) in [4.78, 5) is 14.0. The van der Waals surface area contributed by atoms with Crippen LogP contribution in [0.15, 0.2) is 61.1 Å². The van der Waals surface area contributed by atoms with Crippen molar-refractivity contribution in [1.82, 2.24) is 29.3 Å². The Hall–Kier alpha value is -4.51. The molecule has 0 aliphatic heterocycles. The molecule has 0 atom stereocenters. The molecule has 0 saturated carbocycles. The van der Waals surface area contributed by atoms with Gasteiger partial charge in [0.05, 0.1) is 23.5 Å². The largest absolute Gasteiger partial charge is 0.383 e. The summed E-state index contributed by atoms with van der Waals surface area (Å²) in [5.74, 6) is 1.70. The molecule has 0 radical (unpaired) electrons. The van der Waals surface area contributed by atoms with Gasteiger partial charge < -0.3 is 5.73 Å². The summed E-state index contributed by atoms with van der Waals surface area (Å²) in [5.41, 5.74) is 12.6. The number of aromatic nitrogens is 6. The van der Waals surface area contributed by atoms with E-state index in [1.54, 1.807) is 17.1 Å². The third-order valence-corrected chi connectivity index (χ3v) is 5.86. The molecular weight excluding hydrogens is 400 g/mol. The van der Waals surface area contributed by atoms with Crippen LogP contribution in [-0.4, -0.2) is 29.3 Å². The molecule has 6 rings (SSSR count). The van der Waals surface area contributed by atoms with Crippen LogP contribution in [0.25, 0.3) is 34.1 Å². The summed E-state index contributed by atoms with van der Waals surface area (Å²) in [7, 11) is 0. The molecule has 8 nitrogen and oxygen atoms in total. The maximum Gasteiger partial charge on any atom is 0.167 e. The molecule has 1 aliphatic carbocycles. The van der Waals surface area contributed by atoms with E-state index < -0.39 is 0 Å². The number of rotatable bonds is 3. The molecule has 8 heteroatoms. The van der Waals surface area contributed by atoms with Crippen molar-refractivity contribution in [2.45, 2.75) is 19.3 Å². The van der Waals surface area contributed by atoms with Gasteiger partial charge in [0.15, 0.2) is 17.3 Å². The molecule has 4 heterocycles. The third kappa shape index (κ3) is 2.83. The van der Waals surface area contributed by atoms with E-state index in [9.17, 15) is 0 Å². The van der Waals surface area contributed by atoms with Gasteiger partial charge in [-0.2, -0.15) is 10.4 Å². The van der Waals surface area contributed by atoms with Crippen molar-refractivity contribution in [3.05, 3.63) is 77.7 Å². The highest BCUT2D eigenvalue weighted by Gasteiger charge is 2.20. The van der Waals surface area contributed by atoms with Gasteiger partial charge in [-0.3, -0.25) is 4.57 Å². The van der Waals surface area contributed by atoms with Crippen LogP contribution in [0.3, 0.4) is 0 Å². The van der Waals surface area contributed by atoms with Gasteiger partial charge in [-0.15, -0.1) is 0 Å². The Morgan fingerprint density at radius 3 is 2.78 bits per heavy atom. The van der Waals surface area contributed by atoms with Crippen LogP contribution in [0.1, 0.15) is 23.1 Å². The van der Waals surface area contributed by atoms with Gasteiger partial charge >= 0.3 is 0 Å². The highest BCUT2D eigenvalue weighted by molar-refractivity contribution is 5.83. The van der Waals surface area contributed by atoms with Crippen molar-refractivity contribution in [2.75, 3.05) is 5.73 Å². The molecule has 32 heavy (non-hydrogen) atoms. The number of nitrogens with two attached hydrogens (primary N) is 1. The Kier molecular flexibility index (Phi) is 4.01. The number of fused-ring (bicyclic) bond motifs is 2. The Balaban J connectivity index is 1.62. The van der Waals surface area contributed by atoms with E-state index in [4.69, 9.17) is 21.0 Å². The first kappa shape index (κ1) is 18.3. The molecule has 0 spiro atoms. The molecule has 0 amide bonds. The smallest absolute Gasteiger partial charge is 0.167 e. The van der Waals surface area contributed by atoms with Gasteiger partial charge in [-0.05, 0) is 66.8 Å². The van der Waals surface area contributed by atoms with Crippen molar-refractivity contribution in [3.63, 3.8) is 0 Å². The summed E-state index contributed by atoms with van der Waals surface area (Å²) in [6, 6.07) is 16.1. The zero-order valence-corrected chi connectivity index (χ0v) is 17.1. The first-order chi connectivity index (χ1) is 15.7. The first-order valence-corrected chi connectivity index (χ1v) is 10.4. The molecule has 0 saturated heterocycles. The van der Waals surface area contributed by atoms with Gasteiger partial charge in [-0.1, -0.05) is 6.07 Å². The SMILES string of the molecule is N#Cc1cnn(-c2ccc3nc(-c4cccnc4N)n(-c4ccc5c(c4)CCC5)c3n2)c1. The normalized spacial score (nSPS) is 12.7. The van der Waals surface area contributed by atoms with E-state index >= 15 is 0 Å². The molecule has 0 unspecified atom stereocenters. The van der Waals surface area contributed by atoms with Crippen molar-refractivity contribution >= 4 is 17.0 Å². The van der Waals surface area contributed by atoms with Crippen molar-refractivity contribution in [3.8, 4) is 29.0 Å². The number of nitriles is 1. The number of anilines is 1. The standard InChI is InChI=1S/C24H18N8/c25-12-15-13-28-31(14-15)21-9-8-20-24(30-21)32(18-7-6-16-3-1-4-17(16)11-18)23(29-20)19-5-2-10-27-22(19)26/h2,5-11,13-14H,1,3-4H2,(H2,26,27). The molecule has 2 N–H and O–H groups in total. The third-order valence-electron chi connectivity index (χ3n) is 5.86. The fourth-order valence-electron chi connectivity index (χ4n) is 4.31. The molecule has 0 bridgehead atoms. The van der Waals surface area contributed by atoms with Gasteiger partial charge in [0, 0.05) is 11.9 Å². The van der Waals surface area contributed by atoms with Gasteiger partial charge in [-0.25, -0.2) is 19.6 Å². The van der Waals surface area contributed by atoms with E-state index in [2.05, 4.69) is 34.4 Å². The lowest BCUT2D eigenvalue weighted by Gasteiger charge is -2.12. The molecule has 4 aromatic heterocycles. The number of aryl methyl sites for hydroxylation is 2. The number of imidazole rings is 1. The predicted molar refractivity (Wildman–Crippen MR) is 120 cm³/mol. The Morgan fingerprint density at radius 2 is 1.94 bits per heavy atom. The second-order valence-electron chi connectivity index (χ2n) is 7.81. The van der Waals surface area contributed by atoms with E-state index in [0.717, 1.165) is 29.6 Å². The maximum absolute atomic E-state index is 9.14. The Morgan fingerprint density at radius 1 is 1.03 bits per heavy atom. The fourth-order valence-corrected chi connectivity index (χ4v) is 4.31. The Bertz CT molecular complexity index is 1540. The van der Waals surface area contributed by atoms with Gasteiger partial charge in [0.25, 0.3) is 0 Å². The quantitative estimate of drug-likeness (QED) is 0.479. The molecule has 154 valence electrons. The van der Waals surface area contributed by atoms with Crippen LogP contribution in [0.4, 0.5) is 5.82 Å². The predicted octanol–water partition coefficient (Wildman–Crippen LogP) is 3.61. The molecule has 1 aliphatic rings. The zero-order valence-electron chi connectivity index (χ0n) is 17.1. The number of benzene rings is 1. The van der Waals surface area contributed by atoms with Crippen LogP contribution in [0.5, 0.6) is 0 Å². The second-order valence-corrected chi connectivity index (χ2v) is 7.81. The summed E-state index contributed by atoms with van der Waals surface area (Å²) in [6.07, 6.45) is 8.21. The van der Waals surface area contributed by atoms with Gasteiger partial charge in [0.1, 0.15) is 17.4 Å². The topological polar surface area (TPSA) is 111 Å². The van der Waals surface area contributed by atoms with E-state index in [1.165, 1.54) is 23.7 Å². The minimum Gasteiger partial charge on any atom is -0.383 e. The first-order valence-electron chi connectivity index (χ1n) is 10.4. The summed E-state index contributed by atoms with van der Waals surface area (Å²) >= 11 is 0. The number of pyridine rings is 2. The van der Waals surface area contributed by atoms with Crippen LogP contribution < -0.4 is 5.73 Å². The maximum atomic E-state index is 9.14. The summed E-state index contributed by atoms with van der Waals surface area (Å²) in [5, 5.41) is 13.4. The Labute approximate surface area is 183 Å². The molecule has 5 aromatic rings. The second kappa shape index (κ2) is 7.03. The minimum absolute atomic E-state index is 0.413. The zero-order chi connectivity index (χ0) is 21.7. The van der Waals surface area contributed by atoms with Crippen molar-refractivity contribution < 1.29 is 0 Å². The lowest BCUT2D eigenvalue weighted by atomic mass is 10.1. The van der Waals surface area contributed by atoms with Crippen molar-refractivity contribution in [2.24, 2.45) is 0 Å². The van der Waals surface area contributed by atoms with E-state index in [0.29, 0.717) is 28.7 Å². The van der Waals surface area contributed by atoms with Crippen LogP contribution in [-0.2, 0) is 12.8 Å². The average Bonchev–Trinajstić information content (AvgIpc) is 3.56. The lowest BCUT2D eigenvalue weighted by molar-refractivity contribution is 0.849.